The third-order valence-corrected chi connectivity index (χ3v) is 3.38. The van der Waals surface area contributed by atoms with E-state index in [-0.39, 0.29) is 0 Å². The van der Waals surface area contributed by atoms with Gasteiger partial charge in [0, 0.05) is 19.3 Å². The average molecular weight is 246 g/mol. The minimum absolute atomic E-state index is 0.872. The molecule has 18 heavy (non-hydrogen) atoms. The molecule has 0 bridgehead atoms. The van der Waals surface area contributed by atoms with E-state index in [2.05, 4.69) is 22.9 Å². The molecular weight excluding hydrogens is 224 g/mol. The van der Waals surface area contributed by atoms with Gasteiger partial charge in [-0.25, -0.2) is 4.98 Å². The Morgan fingerprint density at radius 3 is 3.06 bits per heavy atom. The van der Waals surface area contributed by atoms with Gasteiger partial charge in [0.25, 0.3) is 0 Å². The fourth-order valence-electron chi connectivity index (χ4n) is 2.46. The van der Waals surface area contributed by atoms with E-state index in [1.165, 1.54) is 12.8 Å². The molecule has 98 valence electrons. The smallest absolute Gasteiger partial charge is 0.171 e. The molecule has 0 saturated carbocycles. The van der Waals surface area contributed by atoms with Gasteiger partial charge >= 0.3 is 0 Å². The lowest BCUT2D eigenvalue weighted by atomic mass is 10.1. The van der Waals surface area contributed by atoms with Crippen LogP contribution in [0, 0.1) is 0 Å². The zero-order valence-electron chi connectivity index (χ0n) is 11.4. The van der Waals surface area contributed by atoms with Crippen molar-refractivity contribution in [1.82, 2.24) is 4.98 Å². The third-order valence-electron chi connectivity index (χ3n) is 3.38. The van der Waals surface area contributed by atoms with Crippen LogP contribution in [0.3, 0.4) is 0 Å². The van der Waals surface area contributed by atoms with Gasteiger partial charge < -0.3 is 9.64 Å². The maximum atomic E-state index is 5.39. The molecule has 0 amide bonds. The Morgan fingerprint density at radius 2 is 2.28 bits per heavy atom. The van der Waals surface area contributed by atoms with Crippen LogP contribution in [0.25, 0.3) is 0 Å². The van der Waals surface area contributed by atoms with Crippen molar-refractivity contribution in [2.24, 2.45) is 0 Å². The second-order valence-corrected chi connectivity index (χ2v) is 4.67. The fraction of sp³-hybridized carbons (Fsp3) is 0.533. The number of aromatic nitrogens is 1. The Labute approximate surface area is 109 Å². The molecule has 2 rings (SSSR count). The van der Waals surface area contributed by atoms with E-state index in [1.54, 1.807) is 12.7 Å². The molecule has 0 fully saturated rings. The first-order chi connectivity index (χ1) is 8.85. The first-order valence-corrected chi connectivity index (χ1v) is 6.77. The lowest BCUT2D eigenvalue weighted by Gasteiger charge is -2.23. The van der Waals surface area contributed by atoms with E-state index < -0.39 is 0 Å². The van der Waals surface area contributed by atoms with Crippen LogP contribution in [-0.4, -0.2) is 25.2 Å². The molecule has 0 radical (unpaired) electrons. The second kappa shape index (κ2) is 6.43. The lowest BCUT2D eigenvalue weighted by molar-refractivity contribution is 0.412. The zero-order chi connectivity index (χ0) is 12.8. The summed E-state index contributed by atoms with van der Waals surface area (Å²) in [5, 5.41) is 0. The normalized spacial score (nSPS) is 16.1. The van der Waals surface area contributed by atoms with Gasteiger partial charge in [-0.2, -0.15) is 0 Å². The molecule has 0 unspecified atom stereocenters. The number of pyridine rings is 1. The Kier molecular flexibility index (Phi) is 4.62. The monoisotopic (exact) mass is 246 g/mol. The van der Waals surface area contributed by atoms with Gasteiger partial charge in [0.05, 0.1) is 7.11 Å². The summed E-state index contributed by atoms with van der Waals surface area (Å²) >= 11 is 0. The molecule has 1 aromatic heterocycles. The molecular formula is C15H22N2O. The molecule has 0 atom stereocenters. The summed E-state index contributed by atoms with van der Waals surface area (Å²) < 4.78 is 5.39. The SMILES string of the molecule is CCCC1=CCCN(c2ncccc2OC)CC1. The van der Waals surface area contributed by atoms with Gasteiger partial charge in [0.1, 0.15) is 0 Å². The first kappa shape index (κ1) is 12.9. The Morgan fingerprint density at radius 1 is 1.39 bits per heavy atom. The maximum Gasteiger partial charge on any atom is 0.171 e. The van der Waals surface area contributed by atoms with Crippen LogP contribution in [0.4, 0.5) is 5.82 Å². The molecule has 3 nitrogen and oxygen atoms in total. The zero-order valence-corrected chi connectivity index (χ0v) is 11.4. The van der Waals surface area contributed by atoms with Crippen LogP contribution in [0.2, 0.25) is 0 Å². The van der Waals surface area contributed by atoms with Crippen molar-refractivity contribution in [3.8, 4) is 5.75 Å². The third kappa shape index (κ3) is 3.03. The Bertz CT molecular complexity index is 415. The van der Waals surface area contributed by atoms with Crippen molar-refractivity contribution in [1.29, 1.82) is 0 Å². The highest BCUT2D eigenvalue weighted by molar-refractivity contribution is 5.52. The average Bonchev–Trinajstić information content (AvgIpc) is 2.65. The highest BCUT2D eigenvalue weighted by Gasteiger charge is 2.15. The van der Waals surface area contributed by atoms with Gasteiger partial charge in [-0.05, 0) is 31.4 Å². The summed E-state index contributed by atoms with van der Waals surface area (Å²) in [6.07, 6.45) is 8.95. The summed E-state index contributed by atoms with van der Waals surface area (Å²) in [6.45, 7) is 4.31. The van der Waals surface area contributed by atoms with Gasteiger partial charge in [0.15, 0.2) is 11.6 Å². The van der Waals surface area contributed by atoms with Gasteiger partial charge in [-0.3, -0.25) is 0 Å². The number of hydrogen-bond acceptors (Lipinski definition) is 3. The van der Waals surface area contributed by atoms with Crippen molar-refractivity contribution in [3.63, 3.8) is 0 Å². The number of anilines is 1. The van der Waals surface area contributed by atoms with E-state index >= 15 is 0 Å². The fourth-order valence-corrected chi connectivity index (χ4v) is 2.46. The topological polar surface area (TPSA) is 25.4 Å². The molecule has 1 aliphatic rings. The van der Waals surface area contributed by atoms with Crippen LogP contribution in [0.15, 0.2) is 30.0 Å². The molecule has 1 aromatic rings. The number of methoxy groups -OCH3 is 1. The predicted molar refractivity (Wildman–Crippen MR) is 75.2 cm³/mol. The minimum Gasteiger partial charge on any atom is -0.493 e. The highest BCUT2D eigenvalue weighted by atomic mass is 16.5. The van der Waals surface area contributed by atoms with Gasteiger partial charge in [0.2, 0.25) is 0 Å². The van der Waals surface area contributed by atoms with Crippen molar-refractivity contribution < 1.29 is 4.74 Å². The largest absolute Gasteiger partial charge is 0.493 e. The lowest BCUT2D eigenvalue weighted by Crippen LogP contribution is -2.25. The van der Waals surface area contributed by atoms with Crippen molar-refractivity contribution in [3.05, 3.63) is 30.0 Å². The minimum atomic E-state index is 0.872. The summed E-state index contributed by atoms with van der Waals surface area (Å²) in [4.78, 5) is 6.80. The van der Waals surface area contributed by atoms with Crippen LogP contribution in [0.5, 0.6) is 5.75 Å². The van der Waals surface area contributed by atoms with E-state index in [0.717, 1.165) is 37.5 Å². The molecule has 0 saturated heterocycles. The Hall–Kier alpha value is -1.51. The number of nitrogens with zero attached hydrogens (tertiary/aromatic N) is 2. The molecule has 2 heterocycles. The van der Waals surface area contributed by atoms with Gasteiger partial charge in [-0.15, -0.1) is 0 Å². The number of rotatable bonds is 4. The van der Waals surface area contributed by atoms with E-state index in [4.69, 9.17) is 4.74 Å². The van der Waals surface area contributed by atoms with Gasteiger partial charge in [-0.1, -0.05) is 25.0 Å². The van der Waals surface area contributed by atoms with Crippen LogP contribution < -0.4 is 9.64 Å². The van der Waals surface area contributed by atoms with Crippen molar-refractivity contribution >= 4 is 5.82 Å². The molecule has 3 heteroatoms. The van der Waals surface area contributed by atoms with Crippen molar-refractivity contribution in [2.75, 3.05) is 25.1 Å². The quantitative estimate of drug-likeness (QED) is 0.761. The summed E-state index contributed by atoms with van der Waals surface area (Å²) in [5.41, 5.74) is 1.59. The van der Waals surface area contributed by atoms with E-state index in [1.807, 2.05) is 18.3 Å². The van der Waals surface area contributed by atoms with Crippen LogP contribution in [0.1, 0.15) is 32.6 Å². The first-order valence-electron chi connectivity index (χ1n) is 6.77. The predicted octanol–water partition coefficient (Wildman–Crippen LogP) is 3.42. The molecule has 0 N–H and O–H groups in total. The summed E-state index contributed by atoms with van der Waals surface area (Å²) in [5.74, 6) is 1.85. The van der Waals surface area contributed by atoms with E-state index in [9.17, 15) is 0 Å². The molecule has 0 aromatic carbocycles. The van der Waals surface area contributed by atoms with Crippen LogP contribution >= 0.6 is 0 Å². The standard InChI is InChI=1S/C15H22N2O/c1-3-6-13-7-5-11-17(12-9-13)15-14(18-2)8-4-10-16-15/h4,7-8,10H,3,5-6,9,11-12H2,1-2H3. The Balaban J connectivity index is 2.07. The maximum absolute atomic E-state index is 5.39. The summed E-state index contributed by atoms with van der Waals surface area (Å²) in [7, 11) is 1.71. The molecule has 0 spiro atoms. The highest BCUT2D eigenvalue weighted by Crippen LogP contribution is 2.27. The summed E-state index contributed by atoms with van der Waals surface area (Å²) in [6, 6.07) is 3.90. The second-order valence-electron chi connectivity index (χ2n) is 4.67. The van der Waals surface area contributed by atoms with Crippen LogP contribution in [-0.2, 0) is 0 Å². The molecule has 1 aliphatic heterocycles. The number of hydrogen-bond donors (Lipinski definition) is 0. The molecule has 0 aliphatic carbocycles. The van der Waals surface area contributed by atoms with E-state index in [0.29, 0.717) is 0 Å². The number of ether oxygens (including phenoxy) is 1. The van der Waals surface area contributed by atoms with Crippen molar-refractivity contribution in [2.45, 2.75) is 32.6 Å².